The number of benzene rings is 1. The van der Waals surface area contributed by atoms with Crippen molar-refractivity contribution >= 4 is 23.4 Å². The Balaban J connectivity index is 1.23. The molecule has 42 heavy (non-hydrogen) atoms. The normalized spacial score (nSPS) is 15.5. The average molecular weight is 568 g/mol. The van der Waals surface area contributed by atoms with Crippen LogP contribution in [-0.2, 0) is 31.2 Å². The van der Waals surface area contributed by atoms with Crippen LogP contribution in [-0.4, -0.2) is 79.5 Å². The van der Waals surface area contributed by atoms with Crippen LogP contribution < -0.4 is 10.6 Å². The Bertz CT molecular complexity index is 1580. The largest absolute Gasteiger partial charge is 0.379 e. The molecule has 6 rings (SSSR count). The zero-order valence-corrected chi connectivity index (χ0v) is 24.5. The van der Waals surface area contributed by atoms with E-state index in [1.54, 1.807) is 0 Å². The van der Waals surface area contributed by atoms with E-state index in [0.29, 0.717) is 12.0 Å². The van der Waals surface area contributed by atoms with Gasteiger partial charge < -0.3 is 20.8 Å². The topological polar surface area (TPSA) is 126 Å². The van der Waals surface area contributed by atoms with Gasteiger partial charge in [0.15, 0.2) is 0 Å². The molecule has 0 radical (unpaired) electrons. The number of quaternary nitrogens is 1. The molecule has 0 saturated carbocycles. The third-order valence-corrected chi connectivity index (χ3v) is 7.80. The van der Waals surface area contributed by atoms with E-state index in [0.717, 1.165) is 103 Å². The van der Waals surface area contributed by atoms with E-state index >= 15 is 0 Å². The van der Waals surface area contributed by atoms with Crippen LogP contribution in [0.15, 0.2) is 49.1 Å². The summed E-state index contributed by atoms with van der Waals surface area (Å²) in [5.74, 6) is 0.543. The van der Waals surface area contributed by atoms with Crippen LogP contribution in [0.25, 0.3) is 28.1 Å². The van der Waals surface area contributed by atoms with Crippen LogP contribution in [0.5, 0.6) is 0 Å². The van der Waals surface area contributed by atoms with E-state index in [4.69, 9.17) is 20.2 Å². The molecule has 11 heteroatoms. The van der Waals surface area contributed by atoms with Crippen molar-refractivity contribution < 1.29 is 10.1 Å². The molecular formula is C31H39N10O+. The predicted molar refractivity (Wildman–Crippen MR) is 164 cm³/mol. The molecule has 0 unspecified atom stereocenters. The number of ether oxygens (including phenoxy) is 1. The summed E-state index contributed by atoms with van der Waals surface area (Å²) < 4.78 is 9.36. The van der Waals surface area contributed by atoms with Gasteiger partial charge in [-0.15, -0.1) is 0 Å². The van der Waals surface area contributed by atoms with Crippen molar-refractivity contribution in [1.82, 2.24) is 34.4 Å². The van der Waals surface area contributed by atoms with Crippen LogP contribution in [0.1, 0.15) is 30.7 Å². The molecule has 0 bridgehead atoms. The molecule has 218 valence electrons. The number of aryl methyl sites for hydroxylation is 3. The van der Waals surface area contributed by atoms with Gasteiger partial charge in [0.25, 0.3) is 0 Å². The molecule has 0 atom stereocenters. The van der Waals surface area contributed by atoms with Crippen molar-refractivity contribution in [2.24, 2.45) is 7.05 Å². The number of nitrogens with two attached hydrogens (primary N) is 1. The quantitative estimate of drug-likeness (QED) is 0.252. The summed E-state index contributed by atoms with van der Waals surface area (Å²) in [6.45, 7) is 9.57. The fourth-order valence-electron chi connectivity index (χ4n) is 5.55. The predicted octanol–water partition coefficient (Wildman–Crippen LogP) is 2.88. The van der Waals surface area contributed by atoms with Crippen molar-refractivity contribution in [3.05, 3.63) is 65.9 Å². The van der Waals surface area contributed by atoms with Gasteiger partial charge in [-0.05, 0) is 37.8 Å². The van der Waals surface area contributed by atoms with Crippen molar-refractivity contribution in [3.8, 4) is 22.5 Å². The van der Waals surface area contributed by atoms with Gasteiger partial charge in [0, 0.05) is 56.4 Å². The van der Waals surface area contributed by atoms with E-state index in [9.17, 15) is 0 Å². The van der Waals surface area contributed by atoms with Gasteiger partial charge in [-0.1, -0.05) is 24.3 Å². The number of aromatic nitrogens is 6. The number of allylic oxidation sites excluding steroid dienone is 1. The monoisotopic (exact) mass is 567 g/mol. The van der Waals surface area contributed by atoms with E-state index < -0.39 is 0 Å². The maximum absolute atomic E-state index is 7.88. The molecule has 1 aliphatic carbocycles. The minimum atomic E-state index is 0.429. The summed E-state index contributed by atoms with van der Waals surface area (Å²) in [6.07, 6.45) is 10.9. The molecule has 3 aromatic heterocycles. The highest BCUT2D eigenvalue weighted by atomic mass is 16.5. The second kappa shape index (κ2) is 12.4. The Hall–Kier alpha value is -4.19. The minimum Gasteiger partial charge on any atom is -0.379 e. The second-order valence-corrected chi connectivity index (χ2v) is 11.2. The van der Waals surface area contributed by atoms with Crippen molar-refractivity contribution in [2.75, 3.05) is 38.2 Å². The van der Waals surface area contributed by atoms with Gasteiger partial charge in [-0.2, -0.15) is 10.2 Å². The average Bonchev–Trinajstić information content (AvgIpc) is 3.60. The zero-order chi connectivity index (χ0) is 29.1. The Morgan fingerprint density at radius 2 is 1.93 bits per heavy atom. The number of nitrogens with one attached hydrogen (secondary N) is 2. The third-order valence-electron chi connectivity index (χ3n) is 7.80. The second-order valence-electron chi connectivity index (χ2n) is 11.2. The third kappa shape index (κ3) is 6.03. The smallest absolute Gasteiger partial charge is 0.227 e. The number of hydrogen-bond acceptors (Lipinski definition) is 8. The summed E-state index contributed by atoms with van der Waals surface area (Å²) in [4.78, 5) is 12.0. The first-order valence-electron chi connectivity index (χ1n) is 14.7. The summed E-state index contributed by atoms with van der Waals surface area (Å²) in [7, 11) is 1.99. The molecule has 4 heterocycles. The molecule has 4 aromatic rings. The van der Waals surface area contributed by atoms with Crippen LogP contribution in [0.4, 0.5) is 11.6 Å². The van der Waals surface area contributed by atoms with E-state index in [1.807, 2.05) is 41.2 Å². The molecule has 1 saturated heterocycles. The maximum Gasteiger partial charge on any atom is 0.227 e. The highest BCUT2D eigenvalue weighted by Crippen LogP contribution is 2.39. The number of hydrogen-bond donors (Lipinski definition) is 3. The van der Waals surface area contributed by atoms with Gasteiger partial charge in [-0.25, -0.2) is 9.97 Å². The summed E-state index contributed by atoms with van der Waals surface area (Å²) in [5, 5.41) is 22.8. The first-order valence-corrected chi connectivity index (χ1v) is 14.7. The number of morpholine rings is 1. The lowest BCUT2D eigenvalue weighted by Crippen LogP contribution is -2.83. The molecule has 1 aliphatic heterocycles. The number of nitrogens with zero attached hydrogens (tertiary/aromatic N) is 7. The van der Waals surface area contributed by atoms with Crippen LogP contribution in [0, 0.1) is 5.41 Å². The Kier molecular flexibility index (Phi) is 8.22. The first-order chi connectivity index (χ1) is 20.5. The lowest BCUT2D eigenvalue weighted by atomic mass is 9.91. The molecule has 0 spiro atoms. The lowest BCUT2D eigenvalue weighted by Gasteiger charge is -2.26. The summed E-state index contributed by atoms with van der Waals surface area (Å²) >= 11 is 0. The van der Waals surface area contributed by atoms with Gasteiger partial charge >= 0.3 is 0 Å². The van der Waals surface area contributed by atoms with Gasteiger partial charge in [-0.3, -0.25) is 14.3 Å². The molecule has 11 nitrogen and oxygen atoms in total. The van der Waals surface area contributed by atoms with E-state index in [2.05, 4.69) is 63.7 Å². The van der Waals surface area contributed by atoms with Crippen LogP contribution in [0.3, 0.4) is 0 Å². The maximum atomic E-state index is 7.88. The highest BCUT2D eigenvalue weighted by molar-refractivity contribution is 6.07. The van der Waals surface area contributed by atoms with Gasteiger partial charge in [0.1, 0.15) is 6.20 Å². The van der Waals surface area contributed by atoms with Crippen molar-refractivity contribution in [3.63, 3.8) is 0 Å². The molecule has 2 aliphatic rings. The summed E-state index contributed by atoms with van der Waals surface area (Å²) in [5.41, 5.74) is 9.03. The minimum absolute atomic E-state index is 0.429. The number of fused-ring (bicyclic) bond motifs is 3. The lowest BCUT2D eigenvalue weighted by molar-refractivity contribution is -0.618. The zero-order valence-electron chi connectivity index (χ0n) is 24.5. The van der Waals surface area contributed by atoms with Crippen molar-refractivity contribution in [2.45, 2.75) is 39.3 Å². The molecular weight excluding hydrogens is 528 g/mol. The van der Waals surface area contributed by atoms with E-state index in [1.165, 1.54) is 6.21 Å². The Morgan fingerprint density at radius 3 is 2.69 bits per heavy atom. The SMILES string of the molecule is CC(C)[NH2+]/C=C(\C=N)c1ccc(-c2c3c(nn2C)CCc2cnc(Nc4cnn(CCN5CCOCC5)c4)nc2-3)cc1. The molecule has 1 aromatic carbocycles. The molecule has 4 N–H and O–H groups in total. The van der Waals surface area contributed by atoms with E-state index in [-0.39, 0.29) is 0 Å². The van der Waals surface area contributed by atoms with Crippen LogP contribution in [0.2, 0.25) is 0 Å². The van der Waals surface area contributed by atoms with Crippen LogP contribution >= 0.6 is 0 Å². The first kappa shape index (κ1) is 28.0. The molecule has 0 amide bonds. The fourth-order valence-corrected chi connectivity index (χ4v) is 5.55. The number of rotatable bonds is 10. The van der Waals surface area contributed by atoms with Gasteiger partial charge in [0.2, 0.25) is 5.95 Å². The van der Waals surface area contributed by atoms with Gasteiger partial charge in [0.05, 0.1) is 60.3 Å². The number of anilines is 2. The Labute approximate surface area is 246 Å². The molecule has 1 fully saturated rings. The Morgan fingerprint density at radius 1 is 1.12 bits per heavy atom. The fraction of sp³-hybridized carbons (Fsp3) is 0.387. The van der Waals surface area contributed by atoms with Crippen molar-refractivity contribution in [1.29, 1.82) is 5.41 Å². The standard InChI is InChI=1S/C31H38N10O/c1-21(2)33-18-25(16-32)22-4-6-23(7-5-22)30-28-27(38-39(30)3)9-8-24-17-34-31(37-29(24)28)36-26-19-35-41(20-26)11-10-40-12-14-42-15-13-40/h4-7,16-21,32-33H,8-15H2,1-3H3,(H,34,36,37)/p+1/b25-18+,32-16?. The highest BCUT2D eigenvalue weighted by Gasteiger charge is 2.27. The summed E-state index contributed by atoms with van der Waals surface area (Å²) in [6, 6.07) is 8.80.